The second-order valence-electron chi connectivity index (χ2n) is 2.68. The Labute approximate surface area is 78.4 Å². The summed E-state index contributed by atoms with van der Waals surface area (Å²) in [4.78, 5) is 0. The largest absolute Gasteiger partial charge is 0.301 e. The van der Waals surface area contributed by atoms with Crippen LogP contribution in [0.2, 0.25) is 0 Å². The summed E-state index contributed by atoms with van der Waals surface area (Å²) in [5.74, 6) is 0. The third-order valence-corrected chi connectivity index (χ3v) is 2.89. The van der Waals surface area contributed by atoms with Crippen LogP contribution in [0, 0.1) is 6.07 Å². The molecule has 0 saturated carbocycles. The molecule has 13 heavy (non-hydrogen) atoms. The lowest BCUT2D eigenvalue weighted by atomic mass is 10.3. The molecule has 0 saturated heterocycles. The zero-order chi connectivity index (χ0) is 9.90. The van der Waals surface area contributed by atoms with Gasteiger partial charge in [0.2, 0.25) is 0 Å². The number of nitrogens with zero attached hydrogens (tertiary/aromatic N) is 1. The van der Waals surface area contributed by atoms with Crippen LogP contribution in [-0.2, 0) is 10.2 Å². The van der Waals surface area contributed by atoms with E-state index in [0.717, 1.165) is 4.31 Å². The SMILES string of the molecule is CN(C)S(=O)(=O)Nc1c[c]ccc1. The highest BCUT2D eigenvalue weighted by atomic mass is 32.2. The molecule has 1 radical (unpaired) electrons. The summed E-state index contributed by atoms with van der Waals surface area (Å²) in [5, 5.41) is 0. The zero-order valence-electron chi connectivity index (χ0n) is 7.48. The number of anilines is 1. The van der Waals surface area contributed by atoms with Gasteiger partial charge in [0.05, 0.1) is 5.69 Å². The highest BCUT2D eigenvalue weighted by Crippen LogP contribution is 2.07. The number of nitrogens with one attached hydrogen (secondary N) is 1. The molecule has 1 N–H and O–H groups in total. The highest BCUT2D eigenvalue weighted by Gasteiger charge is 2.11. The van der Waals surface area contributed by atoms with Crippen LogP contribution < -0.4 is 4.72 Å². The highest BCUT2D eigenvalue weighted by molar-refractivity contribution is 7.90. The van der Waals surface area contributed by atoms with E-state index in [9.17, 15) is 8.42 Å². The van der Waals surface area contributed by atoms with Crippen molar-refractivity contribution in [3.8, 4) is 0 Å². The molecule has 0 aromatic heterocycles. The predicted octanol–water partition coefficient (Wildman–Crippen LogP) is 0.705. The maximum absolute atomic E-state index is 11.3. The van der Waals surface area contributed by atoms with Crippen LogP contribution in [0.5, 0.6) is 0 Å². The van der Waals surface area contributed by atoms with Gasteiger partial charge in [0.1, 0.15) is 0 Å². The molecule has 5 heteroatoms. The van der Waals surface area contributed by atoms with Crippen molar-refractivity contribution >= 4 is 15.9 Å². The molecule has 0 aliphatic rings. The van der Waals surface area contributed by atoms with Crippen molar-refractivity contribution in [2.75, 3.05) is 18.8 Å². The maximum Gasteiger partial charge on any atom is 0.301 e. The summed E-state index contributed by atoms with van der Waals surface area (Å²) in [7, 11) is -0.453. The van der Waals surface area contributed by atoms with Crippen LogP contribution >= 0.6 is 0 Å². The van der Waals surface area contributed by atoms with Crippen LogP contribution in [0.25, 0.3) is 0 Å². The Kier molecular flexibility index (Phi) is 2.90. The standard InChI is InChI=1S/C8H11N2O2S/c1-10(2)13(11,12)9-8-6-4-3-5-7-8/h3-4,6-7,9H,1-2H3. The van der Waals surface area contributed by atoms with E-state index in [4.69, 9.17) is 0 Å². The summed E-state index contributed by atoms with van der Waals surface area (Å²) in [6.45, 7) is 0. The maximum atomic E-state index is 11.3. The van der Waals surface area contributed by atoms with E-state index in [1.54, 1.807) is 24.3 Å². The van der Waals surface area contributed by atoms with Crippen LogP contribution in [-0.4, -0.2) is 26.8 Å². The molecule has 1 aromatic rings. The first-order chi connectivity index (χ1) is 6.02. The van der Waals surface area contributed by atoms with Gasteiger partial charge < -0.3 is 0 Å². The molecule has 0 aliphatic carbocycles. The van der Waals surface area contributed by atoms with Crippen molar-refractivity contribution in [3.63, 3.8) is 0 Å². The fourth-order valence-electron chi connectivity index (χ4n) is 0.697. The first-order valence-electron chi connectivity index (χ1n) is 3.69. The molecule has 0 fully saturated rings. The van der Waals surface area contributed by atoms with Gasteiger partial charge in [-0.25, -0.2) is 0 Å². The summed E-state index contributed by atoms with van der Waals surface area (Å²) in [6.07, 6.45) is 0. The third-order valence-electron chi connectivity index (χ3n) is 1.43. The lowest BCUT2D eigenvalue weighted by Crippen LogP contribution is -2.28. The molecule has 1 rings (SSSR count). The molecule has 0 aliphatic heterocycles. The van der Waals surface area contributed by atoms with Gasteiger partial charge in [0.15, 0.2) is 0 Å². The van der Waals surface area contributed by atoms with E-state index < -0.39 is 10.2 Å². The van der Waals surface area contributed by atoms with Crippen LogP contribution in [0.1, 0.15) is 0 Å². The molecular weight excluding hydrogens is 188 g/mol. The summed E-state index contributed by atoms with van der Waals surface area (Å²) in [6, 6.07) is 9.43. The smallest absolute Gasteiger partial charge is 0.271 e. The van der Waals surface area contributed by atoms with Gasteiger partial charge in [0, 0.05) is 14.1 Å². The molecule has 0 atom stereocenters. The summed E-state index contributed by atoms with van der Waals surface area (Å²) in [5.41, 5.74) is 0.510. The molecular formula is C8H11N2O2S. The zero-order valence-corrected chi connectivity index (χ0v) is 8.30. The van der Waals surface area contributed by atoms with Crippen molar-refractivity contribution in [3.05, 3.63) is 30.3 Å². The lowest BCUT2D eigenvalue weighted by molar-refractivity contribution is 0.527. The minimum atomic E-state index is -3.39. The number of benzene rings is 1. The van der Waals surface area contributed by atoms with Crippen molar-refractivity contribution in [1.82, 2.24) is 4.31 Å². The molecule has 4 nitrogen and oxygen atoms in total. The molecule has 71 valence electrons. The van der Waals surface area contributed by atoms with Gasteiger partial charge in [-0.1, -0.05) is 12.1 Å². The fraction of sp³-hybridized carbons (Fsp3) is 0.250. The Bertz CT molecular complexity index is 359. The molecule has 1 aromatic carbocycles. The molecule has 0 unspecified atom stereocenters. The lowest BCUT2D eigenvalue weighted by Gasteiger charge is -2.12. The Morgan fingerprint density at radius 3 is 2.62 bits per heavy atom. The third kappa shape index (κ3) is 2.71. The van der Waals surface area contributed by atoms with Gasteiger partial charge in [-0.05, 0) is 18.2 Å². The first kappa shape index (κ1) is 10.0. The average molecular weight is 199 g/mol. The van der Waals surface area contributed by atoms with Gasteiger partial charge in [-0.3, -0.25) is 4.72 Å². The van der Waals surface area contributed by atoms with E-state index in [1.165, 1.54) is 14.1 Å². The van der Waals surface area contributed by atoms with E-state index in [-0.39, 0.29) is 0 Å². The van der Waals surface area contributed by atoms with Crippen LogP contribution in [0.4, 0.5) is 5.69 Å². The second-order valence-corrected chi connectivity index (χ2v) is 4.57. The predicted molar refractivity (Wildman–Crippen MR) is 51.5 cm³/mol. The average Bonchev–Trinajstić information content (AvgIpc) is 2.05. The van der Waals surface area contributed by atoms with Gasteiger partial charge in [-0.2, -0.15) is 12.7 Å². The first-order valence-corrected chi connectivity index (χ1v) is 5.13. The Balaban J connectivity index is 2.82. The number of rotatable bonds is 3. The van der Waals surface area contributed by atoms with Crippen LogP contribution in [0.15, 0.2) is 24.3 Å². The summed E-state index contributed by atoms with van der Waals surface area (Å²) >= 11 is 0. The van der Waals surface area contributed by atoms with Crippen LogP contribution in [0.3, 0.4) is 0 Å². The van der Waals surface area contributed by atoms with Gasteiger partial charge in [0.25, 0.3) is 0 Å². The topological polar surface area (TPSA) is 49.4 Å². The fourth-order valence-corrected chi connectivity index (χ4v) is 1.30. The van der Waals surface area contributed by atoms with E-state index >= 15 is 0 Å². The Morgan fingerprint density at radius 2 is 2.15 bits per heavy atom. The summed E-state index contributed by atoms with van der Waals surface area (Å²) < 4.78 is 26.1. The van der Waals surface area contributed by atoms with Gasteiger partial charge in [-0.15, -0.1) is 0 Å². The van der Waals surface area contributed by atoms with E-state index in [0.29, 0.717) is 5.69 Å². The quantitative estimate of drug-likeness (QED) is 0.779. The van der Waals surface area contributed by atoms with Crippen molar-refractivity contribution < 1.29 is 8.42 Å². The Hall–Kier alpha value is -1.07. The normalized spacial score (nSPS) is 11.6. The molecule has 0 amide bonds. The Morgan fingerprint density at radius 1 is 1.46 bits per heavy atom. The van der Waals surface area contributed by atoms with E-state index in [2.05, 4.69) is 10.8 Å². The van der Waals surface area contributed by atoms with Gasteiger partial charge >= 0.3 is 10.2 Å². The number of hydrogen-bond acceptors (Lipinski definition) is 2. The minimum Gasteiger partial charge on any atom is -0.271 e. The second kappa shape index (κ2) is 3.76. The van der Waals surface area contributed by atoms with Crippen molar-refractivity contribution in [1.29, 1.82) is 0 Å². The van der Waals surface area contributed by atoms with E-state index in [1.807, 2.05) is 0 Å². The monoisotopic (exact) mass is 199 g/mol. The number of hydrogen-bond donors (Lipinski definition) is 1. The molecule has 0 bridgehead atoms. The van der Waals surface area contributed by atoms with Crippen molar-refractivity contribution in [2.24, 2.45) is 0 Å². The minimum absolute atomic E-state index is 0.510. The molecule has 0 heterocycles. The van der Waals surface area contributed by atoms with Crippen molar-refractivity contribution in [2.45, 2.75) is 0 Å². The molecule has 0 spiro atoms.